The Kier molecular flexibility index (Phi) is 1.84. The summed E-state index contributed by atoms with van der Waals surface area (Å²) in [6.45, 7) is 0. The SMILES string of the molecule is N#CC12CCCC1CC(O)CC2. The molecule has 0 bridgehead atoms. The summed E-state index contributed by atoms with van der Waals surface area (Å²) in [4.78, 5) is 0. The van der Waals surface area contributed by atoms with Gasteiger partial charge in [-0.15, -0.1) is 0 Å². The van der Waals surface area contributed by atoms with Crippen LogP contribution >= 0.6 is 0 Å². The molecule has 0 aliphatic heterocycles. The Labute approximate surface area is 73.2 Å². The minimum absolute atomic E-state index is 0.0424. The van der Waals surface area contributed by atoms with Crippen molar-refractivity contribution in [2.45, 2.75) is 44.6 Å². The lowest BCUT2D eigenvalue weighted by molar-refractivity contribution is 0.0545. The van der Waals surface area contributed by atoms with Gasteiger partial charge in [-0.3, -0.25) is 0 Å². The quantitative estimate of drug-likeness (QED) is 0.595. The second kappa shape index (κ2) is 2.74. The summed E-state index contributed by atoms with van der Waals surface area (Å²) in [5, 5.41) is 18.6. The second-order valence-corrected chi connectivity index (χ2v) is 4.29. The van der Waals surface area contributed by atoms with Crippen LogP contribution in [-0.2, 0) is 0 Å². The van der Waals surface area contributed by atoms with Gasteiger partial charge in [-0.1, -0.05) is 6.42 Å². The lowest BCUT2D eigenvalue weighted by atomic mass is 9.68. The number of fused-ring (bicyclic) bond motifs is 1. The van der Waals surface area contributed by atoms with Gasteiger partial charge in [-0.2, -0.15) is 5.26 Å². The van der Waals surface area contributed by atoms with Crippen LogP contribution in [0, 0.1) is 22.7 Å². The molecule has 3 atom stereocenters. The lowest BCUT2D eigenvalue weighted by Gasteiger charge is -2.35. The first-order valence-corrected chi connectivity index (χ1v) is 4.86. The first-order chi connectivity index (χ1) is 5.77. The zero-order valence-corrected chi connectivity index (χ0v) is 7.29. The molecule has 0 saturated heterocycles. The Morgan fingerprint density at radius 2 is 2.17 bits per heavy atom. The number of nitrogens with zero attached hydrogens (tertiary/aromatic N) is 1. The molecule has 2 aliphatic rings. The summed E-state index contributed by atoms with van der Waals surface area (Å²) < 4.78 is 0. The molecule has 0 spiro atoms. The second-order valence-electron chi connectivity index (χ2n) is 4.29. The molecule has 0 aromatic carbocycles. The van der Waals surface area contributed by atoms with Crippen LogP contribution in [0.1, 0.15) is 38.5 Å². The van der Waals surface area contributed by atoms with Gasteiger partial charge >= 0.3 is 0 Å². The van der Waals surface area contributed by atoms with Gasteiger partial charge in [0.15, 0.2) is 0 Å². The highest BCUT2D eigenvalue weighted by atomic mass is 16.3. The monoisotopic (exact) mass is 165 g/mol. The first-order valence-electron chi connectivity index (χ1n) is 4.86. The van der Waals surface area contributed by atoms with Crippen LogP contribution in [0.2, 0.25) is 0 Å². The van der Waals surface area contributed by atoms with E-state index in [0.717, 1.165) is 32.1 Å². The standard InChI is InChI=1S/C10H15NO/c11-7-10-4-1-2-8(10)6-9(12)3-5-10/h8-9,12H,1-6H2. The molecule has 2 saturated carbocycles. The summed E-state index contributed by atoms with van der Waals surface area (Å²) in [7, 11) is 0. The minimum Gasteiger partial charge on any atom is -0.393 e. The Hall–Kier alpha value is -0.550. The molecule has 0 radical (unpaired) electrons. The molecular formula is C10H15NO. The predicted octanol–water partition coefficient (Wildman–Crippen LogP) is 1.84. The molecule has 0 heterocycles. The summed E-state index contributed by atoms with van der Waals surface area (Å²) in [6, 6.07) is 2.49. The molecular weight excluding hydrogens is 150 g/mol. The Morgan fingerprint density at radius 3 is 2.92 bits per heavy atom. The van der Waals surface area contributed by atoms with Crippen LogP contribution < -0.4 is 0 Å². The topological polar surface area (TPSA) is 44.0 Å². The van der Waals surface area contributed by atoms with Crippen molar-refractivity contribution in [2.75, 3.05) is 0 Å². The van der Waals surface area contributed by atoms with E-state index in [0.29, 0.717) is 5.92 Å². The van der Waals surface area contributed by atoms with Gasteiger partial charge in [0.25, 0.3) is 0 Å². The third-order valence-corrected chi connectivity index (χ3v) is 3.66. The Morgan fingerprint density at radius 1 is 1.33 bits per heavy atom. The molecule has 2 fully saturated rings. The molecule has 0 aromatic rings. The Bertz CT molecular complexity index is 220. The molecule has 0 aromatic heterocycles. The fourth-order valence-corrected chi connectivity index (χ4v) is 2.89. The van der Waals surface area contributed by atoms with Crippen molar-refractivity contribution in [2.24, 2.45) is 11.3 Å². The first kappa shape index (κ1) is 8.07. The predicted molar refractivity (Wildman–Crippen MR) is 45.2 cm³/mol. The average molecular weight is 165 g/mol. The van der Waals surface area contributed by atoms with E-state index in [1.807, 2.05) is 0 Å². The summed E-state index contributed by atoms with van der Waals surface area (Å²) in [5.74, 6) is 0.492. The van der Waals surface area contributed by atoms with Crippen molar-refractivity contribution < 1.29 is 5.11 Å². The van der Waals surface area contributed by atoms with Crippen molar-refractivity contribution in [3.8, 4) is 6.07 Å². The highest BCUT2D eigenvalue weighted by Gasteiger charge is 2.46. The molecule has 66 valence electrons. The van der Waals surface area contributed by atoms with E-state index >= 15 is 0 Å². The maximum atomic E-state index is 9.46. The van der Waals surface area contributed by atoms with Gasteiger partial charge in [0.2, 0.25) is 0 Å². The number of aliphatic hydroxyl groups excluding tert-OH is 1. The van der Waals surface area contributed by atoms with Crippen LogP contribution in [0.4, 0.5) is 0 Å². The van der Waals surface area contributed by atoms with E-state index < -0.39 is 0 Å². The molecule has 2 nitrogen and oxygen atoms in total. The number of aliphatic hydroxyl groups is 1. The summed E-state index contributed by atoms with van der Waals surface area (Å²) in [5.41, 5.74) is -0.0424. The maximum absolute atomic E-state index is 9.46. The zero-order chi connectivity index (χ0) is 8.60. The van der Waals surface area contributed by atoms with Crippen molar-refractivity contribution in [1.29, 1.82) is 5.26 Å². The fraction of sp³-hybridized carbons (Fsp3) is 0.900. The van der Waals surface area contributed by atoms with Gasteiger partial charge in [-0.25, -0.2) is 0 Å². The largest absolute Gasteiger partial charge is 0.393 e. The van der Waals surface area contributed by atoms with Gasteiger partial charge in [0, 0.05) is 0 Å². The van der Waals surface area contributed by atoms with Gasteiger partial charge in [-0.05, 0) is 38.0 Å². The van der Waals surface area contributed by atoms with E-state index in [2.05, 4.69) is 6.07 Å². The minimum atomic E-state index is -0.130. The number of hydrogen-bond donors (Lipinski definition) is 1. The van der Waals surface area contributed by atoms with E-state index in [1.165, 1.54) is 6.42 Å². The summed E-state index contributed by atoms with van der Waals surface area (Å²) >= 11 is 0. The van der Waals surface area contributed by atoms with Crippen molar-refractivity contribution in [1.82, 2.24) is 0 Å². The van der Waals surface area contributed by atoms with Gasteiger partial charge in [0.1, 0.15) is 0 Å². The fourth-order valence-electron chi connectivity index (χ4n) is 2.89. The molecule has 2 rings (SSSR count). The highest BCUT2D eigenvalue weighted by molar-refractivity contribution is 5.09. The summed E-state index contributed by atoms with van der Waals surface area (Å²) in [6.07, 6.45) is 5.92. The molecule has 0 amide bonds. The maximum Gasteiger partial charge on any atom is 0.0692 e. The highest BCUT2D eigenvalue weighted by Crippen LogP contribution is 2.51. The number of nitriles is 1. The lowest BCUT2D eigenvalue weighted by Crippen LogP contribution is -2.33. The smallest absolute Gasteiger partial charge is 0.0692 e. The Balaban J connectivity index is 2.17. The number of rotatable bonds is 0. The average Bonchev–Trinajstić information content (AvgIpc) is 2.48. The van der Waals surface area contributed by atoms with Gasteiger partial charge < -0.3 is 5.11 Å². The van der Waals surface area contributed by atoms with Crippen LogP contribution in [0.3, 0.4) is 0 Å². The van der Waals surface area contributed by atoms with E-state index in [4.69, 9.17) is 5.26 Å². The normalized spacial score (nSPS) is 46.7. The van der Waals surface area contributed by atoms with E-state index in [1.54, 1.807) is 0 Å². The van der Waals surface area contributed by atoms with Crippen LogP contribution in [0.15, 0.2) is 0 Å². The van der Waals surface area contributed by atoms with Crippen LogP contribution in [-0.4, -0.2) is 11.2 Å². The molecule has 12 heavy (non-hydrogen) atoms. The van der Waals surface area contributed by atoms with Gasteiger partial charge in [0.05, 0.1) is 17.6 Å². The third-order valence-electron chi connectivity index (χ3n) is 3.66. The van der Waals surface area contributed by atoms with Crippen LogP contribution in [0.5, 0.6) is 0 Å². The molecule has 2 aliphatic carbocycles. The molecule has 2 heteroatoms. The zero-order valence-electron chi connectivity index (χ0n) is 7.29. The van der Waals surface area contributed by atoms with Crippen molar-refractivity contribution in [3.63, 3.8) is 0 Å². The van der Waals surface area contributed by atoms with E-state index in [9.17, 15) is 5.11 Å². The third kappa shape index (κ3) is 1.04. The van der Waals surface area contributed by atoms with Crippen LogP contribution in [0.25, 0.3) is 0 Å². The number of hydrogen-bond acceptors (Lipinski definition) is 2. The van der Waals surface area contributed by atoms with E-state index in [-0.39, 0.29) is 11.5 Å². The van der Waals surface area contributed by atoms with Crippen molar-refractivity contribution in [3.05, 3.63) is 0 Å². The molecule has 1 N–H and O–H groups in total. The molecule has 3 unspecified atom stereocenters. The van der Waals surface area contributed by atoms with Crippen molar-refractivity contribution >= 4 is 0 Å².